The summed E-state index contributed by atoms with van der Waals surface area (Å²) >= 11 is 0. The van der Waals surface area contributed by atoms with Crippen LogP contribution in [0.4, 0.5) is 21.9 Å². The van der Waals surface area contributed by atoms with Crippen molar-refractivity contribution < 1.29 is 19.4 Å². The van der Waals surface area contributed by atoms with Crippen molar-refractivity contribution in [3.8, 4) is 5.75 Å². The van der Waals surface area contributed by atoms with Gasteiger partial charge in [0.25, 0.3) is 0 Å². The third-order valence-electron chi connectivity index (χ3n) is 5.55. The first-order valence-electron chi connectivity index (χ1n) is 11.5. The van der Waals surface area contributed by atoms with Gasteiger partial charge in [0.15, 0.2) is 0 Å². The van der Waals surface area contributed by atoms with Crippen molar-refractivity contribution in [2.45, 2.75) is 32.8 Å². The first-order chi connectivity index (χ1) is 16.8. The minimum absolute atomic E-state index is 0.0548. The Hall–Kier alpha value is -4.26. The molecule has 0 saturated heterocycles. The summed E-state index contributed by atoms with van der Waals surface area (Å²) in [5, 5.41) is 15.2. The van der Waals surface area contributed by atoms with Gasteiger partial charge in [0, 0.05) is 5.69 Å². The molecule has 5 N–H and O–H groups in total. The number of para-hydroxylation sites is 2. The van der Waals surface area contributed by atoms with E-state index in [0.29, 0.717) is 29.9 Å². The summed E-state index contributed by atoms with van der Waals surface area (Å²) in [4.78, 5) is 24.8. The van der Waals surface area contributed by atoms with Gasteiger partial charge in [-0.3, -0.25) is 10.1 Å². The highest BCUT2D eigenvalue weighted by Gasteiger charge is 2.23. The number of phenols is 1. The number of aromatic hydroxyl groups is 1. The standard InChI is InChI=1S/C28H31N3O4/c1-19-11-15-22(16-12-19)30-28(34)35-27(21-13-17-23(32)18-14-21)20(2)7-3-6-10-26(33)31-25-9-5-4-8-24(25)29/h4-6,8-18,20,27,32H,3,7,29H2,1-2H3,(H,30,34)(H,31,33)/b10-6+/t20-,27-/m1/s1. The first kappa shape index (κ1) is 25.4. The maximum absolute atomic E-state index is 12.6. The van der Waals surface area contributed by atoms with E-state index in [2.05, 4.69) is 10.6 Å². The lowest BCUT2D eigenvalue weighted by molar-refractivity contribution is -0.111. The molecule has 0 radical (unpaired) electrons. The molecule has 3 aromatic carbocycles. The second-order valence-electron chi connectivity index (χ2n) is 8.44. The minimum atomic E-state index is -0.561. The Morgan fingerprint density at radius 3 is 2.37 bits per heavy atom. The number of carbonyl (C=O) groups excluding carboxylic acids is 2. The number of phenolic OH excluding ortho intramolecular Hbond substituents is 1. The molecule has 0 spiro atoms. The number of hydrogen-bond acceptors (Lipinski definition) is 5. The molecule has 2 atom stereocenters. The molecule has 35 heavy (non-hydrogen) atoms. The maximum Gasteiger partial charge on any atom is 0.412 e. The SMILES string of the molecule is Cc1ccc(NC(=O)O[C@@H](c2ccc(O)cc2)[C@H](C)CC/C=C/C(=O)Nc2ccccc2N)cc1. The van der Waals surface area contributed by atoms with Crippen LogP contribution in [0.3, 0.4) is 0 Å². The molecule has 2 amide bonds. The summed E-state index contributed by atoms with van der Waals surface area (Å²) < 4.78 is 5.79. The van der Waals surface area contributed by atoms with E-state index in [0.717, 1.165) is 11.1 Å². The summed E-state index contributed by atoms with van der Waals surface area (Å²) in [5.74, 6) is -0.183. The number of hydrogen-bond donors (Lipinski definition) is 4. The zero-order valence-corrected chi connectivity index (χ0v) is 19.9. The molecule has 0 fully saturated rings. The lowest BCUT2D eigenvalue weighted by atomic mass is 9.93. The molecule has 0 bridgehead atoms. The molecule has 0 saturated carbocycles. The molecular formula is C28H31N3O4. The number of allylic oxidation sites excluding steroid dienone is 1. The molecule has 7 nitrogen and oxygen atoms in total. The van der Waals surface area contributed by atoms with E-state index in [1.54, 1.807) is 54.6 Å². The lowest BCUT2D eigenvalue weighted by Gasteiger charge is -2.24. The monoisotopic (exact) mass is 473 g/mol. The molecule has 0 aliphatic rings. The maximum atomic E-state index is 12.6. The fourth-order valence-electron chi connectivity index (χ4n) is 3.56. The van der Waals surface area contributed by atoms with Gasteiger partial charge in [-0.2, -0.15) is 0 Å². The van der Waals surface area contributed by atoms with Gasteiger partial charge < -0.3 is 20.9 Å². The van der Waals surface area contributed by atoms with Gasteiger partial charge in [-0.15, -0.1) is 0 Å². The number of carbonyl (C=O) groups is 2. The average Bonchev–Trinajstić information content (AvgIpc) is 2.84. The second-order valence-corrected chi connectivity index (χ2v) is 8.44. The molecule has 7 heteroatoms. The van der Waals surface area contributed by atoms with Crippen LogP contribution in [-0.2, 0) is 9.53 Å². The van der Waals surface area contributed by atoms with Crippen LogP contribution >= 0.6 is 0 Å². The van der Waals surface area contributed by atoms with Crippen molar-refractivity contribution in [2.75, 3.05) is 16.4 Å². The molecule has 3 aromatic rings. The number of ether oxygens (including phenoxy) is 1. The summed E-state index contributed by atoms with van der Waals surface area (Å²) in [7, 11) is 0. The average molecular weight is 474 g/mol. The van der Waals surface area contributed by atoms with Gasteiger partial charge in [0.05, 0.1) is 11.4 Å². The van der Waals surface area contributed by atoms with Crippen LogP contribution in [0, 0.1) is 12.8 Å². The van der Waals surface area contributed by atoms with E-state index >= 15 is 0 Å². The van der Waals surface area contributed by atoms with Crippen LogP contribution in [0.1, 0.15) is 37.0 Å². The number of nitrogens with one attached hydrogen (secondary N) is 2. The lowest BCUT2D eigenvalue weighted by Crippen LogP contribution is -2.22. The Morgan fingerprint density at radius 1 is 1.00 bits per heavy atom. The summed E-state index contributed by atoms with van der Waals surface area (Å²) in [5.41, 5.74) is 9.43. The van der Waals surface area contributed by atoms with E-state index in [4.69, 9.17) is 10.5 Å². The second kappa shape index (κ2) is 12.3. The summed E-state index contributed by atoms with van der Waals surface area (Å²) in [6, 6.07) is 21.1. The molecule has 0 heterocycles. The highest BCUT2D eigenvalue weighted by atomic mass is 16.6. The molecule has 0 aliphatic carbocycles. The van der Waals surface area contributed by atoms with Crippen LogP contribution in [0.25, 0.3) is 0 Å². The Labute approximate surface area is 205 Å². The number of rotatable bonds is 9. The third-order valence-corrected chi connectivity index (χ3v) is 5.55. The summed E-state index contributed by atoms with van der Waals surface area (Å²) in [6.07, 6.45) is 3.43. The smallest absolute Gasteiger partial charge is 0.412 e. The molecule has 0 unspecified atom stereocenters. The van der Waals surface area contributed by atoms with Gasteiger partial charge in [0.2, 0.25) is 5.91 Å². The van der Waals surface area contributed by atoms with E-state index < -0.39 is 12.2 Å². The predicted molar refractivity (Wildman–Crippen MR) is 139 cm³/mol. The largest absolute Gasteiger partial charge is 0.508 e. The molecule has 182 valence electrons. The first-order valence-corrected chi connectivity index (χ1v) is 11.5. The Balaban J connectivity index is 1.60. The van der Waals surface area contributed by atoms with Gasteiger partial charge in [-0.25, -0.2) is 4.79 Å². The van der Waals surface area contributed by atoms with Crippen molar-refractivity contribution in [3.63, 3.8) is 0 Å². The highest BCUT2D eigenvalue weighted by Crippen LogP contribution is 2.31. The molecular weight excluding hydrogens is 442 g/mol. The zero-order valence-electron chi connectivity index (χ0n) is 19.9. The van der Waals surface area contributed by atoms with E-state index in [9.17, 15) is 14.7 Å². The van der Waals surface area contributed by atoms with Crippen LogP contribution < -0.4 is 16.4 Å². The van der Waals surface area contributed by atoms with Crippen molar-refractivity contribution in [2.24, 2.45) is 5.92 Å². The zero-order chi connectivity index (χ0) is 25.2. The van der Waals surface area contributed by atoms with Crippen LogP contribution in [0.5, 0.6) is 5.75 Å². The Bertz CT molecular complexity index is 1160. The van der Waals surface area contributed by atoms with Crippen molar-refractivity contribution in [1.29, 1.82) is 0 Å². The van der Waals surface area contributed by atoms with Crippen molar-refractivity contribution in [1.82, 2.24) is 0 Å². The highest BCUT2D eigenvalue weighted by molar-refractivity contribution is 6.01. The number of anilines is 3. The van der Waals surface area contributed by atoms with Crippen molar-refractivity contribution >= 4 is 29.1 Å². The van der Waals surface area contributed by atoms with Gasteiger partial charge in [0.1, 0.15) is 11.9 Å². The van der Waals surface area contributed by atoms with E-state index in [-0.39, 0.29) is 17.6 Å². The third kappa shape index (κ3) is 7.92. The number of aryl methyl sites for hydroxylation is 1. The molecule has 0 aliphatic heterocycles. The molecule has 0 aromatic heterocycles. The quantitative estimate of drug-likeness (QED) is 0.219. The van der Waals surface area contributed by atoms with Crippen LogP contribution in [-0.4, -0.2) is 17.1 Å². The topological polar surface area (TPSA) is 114 Å². The number of nitrogen functional groups attached to an aromatic ring is 1. The Morgan fingerprint density at radius 2 is 1.69 bits per heavy atom. The number of amides is 2. The van der Waals surface area contributed by atoms with E-state index in [1.165, 1.54) is 6.08 Å². The van der Waals surface area contributed by atoms with Gasteiger partial charge in [-0.1, -0.05) is 55.0 Å². The fourth-order valence-corrected chi connectivity index (χ4v) is 3.56. The normalized spacial score (nSPS) is 12.6. The predicted octanol–water partition coefficient (Wildman–Crippen LogP) is 6.18. The van der Waals surface area contributed by atoms with E-state index in [1.807, 2.05) is 38.1 Å². The number of benzene rings is 3. The molecule has 3 rings (SSSR count). The fraction of sp³-hybridized carbons (Fsp3) is 0.214. The Kier molecular flexibility index (Phi) is 8.89. The minimum Gasteiger partial charge on any atom is -0.508 e. The summed E-state index contributed by atoms with van der Waals surface area (Å²) in [6.45, 7) is 3.95. The van der Waals surface area contributed by atoms with Gasteiger partial charge in [-0.05, 0) is 73.7 Å². The van der Waals surface area contributed by atoms with Crippen LogP contribution in [0.15, 0.2) is 84.9 Å². The van der Waals surface area contributed by atoms with Gasteiger partial charge >= 0.3 is 6.09 Å². The number of nitrogens with two attached hydrogens (primary N) is 1. The van der Waals surface area contributed by atoms with Crippen molar-refractivity contribution in [3.05, 3.63) is 96.1 Å². The van der Waals surface area contributed by atoms with Crippen LogP contribution in [0.2, 0.25) is 0 Å².